The van der Waals surface area contributed by atoms with Gasteiger partial charge in [-0.1, -0.05) is 30.3 Å². The summed E-state index contributed by atoms with van der Waals surface area (Å²) in [4.78, 5) is 24.4. The maximum atomic E-state index is 12.2. The Labute approximate surface area is 167 Å². The van der Waals surface area contributed by atoms with Gasteiger partial charge in [0, 0.05) is 0 Å². The van der Waals surface area contributed by atoms with E-state index in [1.165, 1.54) is 25.3 Å². The molecule has 148 valence electrons. The largest absolute Gasteiger partial charge is 0.507 e. The number of aromatic hydroxyl groups is 1. The molecule has 7 nitrogen and oxygen atoms in total. The number of hydrogen-bond donors (Lipinski definition) is 2. The molecule has 0 atom stereocenters. The first-order chi connectivity index (χ1) is 14.1. The van der Waals surface area contributed by atoms with E-state index in [2.05, 4.69) is 5.32 Å². The maximum absolute atomic E-state index is 12.2. The quantitative estimate of drug-likeness (QED) is 0.590. The fraction of sp³-hybridized carbons (Fsp3) is 0.0909. The van der Waals surface area contributed by atoms with E-state index >= 15 is 0 Å². The Hall–Kier alpha value is -4.00. The van der Waals surface area contributed by atoms with Gasteiger partial charge in [0.05, 0.1) is 12.8 Å². The van der Waals surface area contributed by atoms with Gasteiger partial charge >= 0.3 is 5.97 Å². The zero-order valence-corrected chi connectivity index (χ0v) is 15.6. The third-order valence-corrected chi connectivity index (χ3v) is 3.89. The van der Waals surface area contributed by atoms with Crippen LogP contribution in [-0.2, 0) is 9.53 Å². The highest BCUT2D eigenvalue weighted by Crippen LogP contribution is 2.29. The van der Waals surface area contributed by atoms with Gasteiger partial charge in [-0.25, -0.2) is 4.79 Å². The molecule has 3 rings (SSSR count). The lowest BCUT2D eigenvalue weighted by Gasteiger charge is -2.12. The van der Waals surface area contributed by atoms with Gasteiger partial charge < -0.3 is 24.6 Å². The van der Waals surface area contributed by atoms with E-state index in [-0.39, 0.29) is 11.3 Å². The van der Waals surface area contributed by atoms with Gasteiger partial charge in [0.25, 0.3) is 5.91 Å². The zero-order valence-electron chi connectivity index (χ0n) is 15.6. The summed E-state index contributed by atoms with van der Waals surface area (Å²) in [5.41, 5.74) is 0.339. The second-order valence-corrected chi connectivity index (χ2v) is 5.92. The van der Waals surface area contributed by atoms with Crippen LogP contribution in [-0.4, -0.2) is 30.7 Å². The topological polar surface area (TPSA) is 94.1 Å². The van der Waals surface area contributed by atoms with Crippen molar-refractivity contribution in [1.29, 1.82) is 0 Å². The van der Waals surface area contributed by atoms with E-state index in [9.17, 15) is 14.7 Å². The Morgan fingerprint density at radius 2 is 1.66 bits per heavy atom. The number of para-hydroxylation sites is 3. The normalized spacial score (nSPS) is 10.1. The maximum Gasteiger partial charge on any atom is 0.342 e. The number of hydrogen-bond acceptors (Lipinski definition) is 6. The number of amides is 1. The number of phenolic OH excluding ortho intramolecular Hbond substituents is 1. The number of phenols is 1. The molecule has 0 heterocycles. The standard InChI is InChI=1S/C22H19NO6/c1-27-16-11-12-19(24)17(13-16)22(26)28-14-21(25)23-18-9-5-6-10-20(18)29-15-7-3-2-4-8-15/h2-13,24H,14H2,1H3,(H,23,25). The molecule has 0 radical (unpaired) electrons. The summed E-state index contributed by atoms with van der Waals surface area (Å²) in [6.45, 7) is -0.533. The average molecular weight is 393 g/mol. The lowest BCUT2D eigenvalue weighted by molar-refractivity contribution is -0.119. The number of methoxy groups -OCH3 is 1. The van der Waals surface area contributed by atoms with Crippen LogP contribution in [0.3, 0.4) is 0 Å². The molecule has 29 heavy (non-hydrogen) atoms. The summed E-state index contributed by atoms with van der Waals surface area (Å²) in [7, 11) is 1.43. The average Bonchev–Trinajstić information content (AvgIpc) is 2.74. The number of benzene rings is 3. The minimum Gasteiger partial charge on any atom is -0.507 e. The zero-order chi connectivity index (χ0) is 20.6. The van der Waals surface area contributed by atoms with Crippen LogP contribution < -0.4 is 14.8 Å². The molecule has 2 N–H and O–H groups in total. The van der Waals surface area contributed by atoms with Gasteiger partial charge in [-0.05, 0) is 42.5 Å². The smallest absolute Gasteiger partial charge is 0.342 e. The van der Waals surface area contributed by atoms with Gasteiger partial charge in [0.15, 0.2) is 12.4 Å². The van der Waals surface area contributed by atoms with Crippen LogP contribution >= 0.6 is 0 Å². The molecular formula is C22H19NO6. The molecule has 0 aliphatic heterocycles. The van der Waals surface area contributed by atoms with Gasteiger partial charge in [-0.3, -0.25) is 4.79 Å². The molecular weight excluding hydrogens is 374 g/mol. The van der Waals surface area contributed by atoms with Gasteiger partial charge in [0.1, 0.15) is 22.8 Å². The van der Waals surface area contributed by atoms with Crippen molar-refractivity contribution in [2.75, 3.05) is 19.0 Å². The molecule has 0 fully saturated rings. The summed E-state index contributed by atoms with van der Waals surface area (Å²) in [5.74, 6) is -0.211. The molecule has 0 unspecified atom stereocenters. The SMILES string of the molecule is COc1ccc(O)c(C(=O)OCC(=O)Nc2ccccc2Oc2ccccc2)c1. The van der Waals surface area contributed by atoms with Crippen molar-refractivity contribution in [1.82, 2.24) is 0 Å². The lowest BCUT2D eigenvalue weighted by Crippen LogP contribution is -2.21. The molecule has 7 heteroatoms. The number of rotatable bonds is 7. The predicted octanol–water partition coefficient (Wildman–Crippen LogP) is 3.99. The Bertz CT molecular complexity index is 1000. The van der Waals surface area contributed by atoms with Crippen molar-refractivity contribution < 1.29 is 28.9 Å². The van der Waals surface area contributed by atoms with Crippen molar-refractivity contribution in [2.24, 2.45) is 0 Å². The highest BCUT2D eigenvalue weighted by atomic mass is 16.5. The van der Waals surface area contributed by atoms with E-state index in [4.69, 9.17) is 14.2 Å². The first-order valence-corrected chi connectivity index (χ1v) is 8.72. The summed E-state index contributed by atoms with van der Waals surface area (Å²) < 4.78 is 15.8. The highest BCUT2D eigenvalue weighted by molar-refractivity contribution is 5.97. The predicted molar refractivity (Wildman–Crippen MR) is 107 cm³/mol. The number of anilines is 1. The number of ether oxygens (including phenoxy) is 3. The van der Waals surface area contributed by atoms with Crippen LogP contribution in [0.2, 0.25) is 0 Å². The Morgan fingerprint density at radius 3 is 2.41 bits per heavy atom. The van der Waals surface area contributed by atoms with Crippen LogP contribution in [0, 0.1) is 0 Å². The Balaban J connectivity index is 1.62. The molecule has 3 aromatic rings. The van der Waals surface area contributed by atoms with Gasteiger partial charge in [0.2, 0.25) is 0 Å². The van der Waals surface area contributed by atoms with Crippen molar-refractivity contribution in [2.45, 2.75) is 0 Å². The molecule has 1 amide bonds. The van der Waals surface area contributed by atoms with E-state index in [1.807, 2.05) is 18.2 Å². The summed E-state index contributed by atoms with van der Waals surface area (Å²) in [5, 5.41) is 12.5. The van der Waals surface area contributed by atoms with E-state index in [0.717, 1.165) is 0 Å². The Morgan fingerprint density at radius 1 is 0.931 bits per heavy atom. The van der Waals surface area contributed by atoms with E-state index in [0.29, 0.717) is 22.9 Å². The van der Waals surface area contributed by atoms with Crippen LogP contribution in [0.15, 0.2) is 72.8 Å². The molecule has 0 aromatic heterocycles. The molecule has 3 aromatic carbocycles. The van der Waals surface area contributed by atoms with Crippen LogP contribution in [0.5, 0.6) is 23.0 Å². The Kier molecular flexibility index (Phi) is 6.32. The second-order valence-electron chi connectivity index (χ2n) is 5.92. The third-order valence-electron chi connectivity index (χ3n) is 3.89. The van der Waals surface area contributed by atoms with Crippen LogP contribution in [0.1, 0.15) is 10.4 Å². The van der Waals surface area contributed by atoms with Crippen molar-refractivity contribution in [3.63, 3.8) is 0 Å². The monoisotopic (exact) mass is 393 g/mol. The second kappa shape index (κ2) is 9.27. The number of esters is 1. The van der Waals surface area contributed by atoms with Crippen molar-refractivity contribution in [3.05, 3.63) is 78.4 Å². The third kappa shape index (κ3) is 5.26. The lowest BCUT2D eigenvalue weighted by atomic mass is 10.2. The minimum atomic E-state index is -0.842. The van der Waals surface area contributed by atoms with Crippen LogP contribution in [0.4, 0.5) is 5.69 Å². The fourth-order valence-corrected chi connectivity index (χ4v) is 2.48. The molecule has 0 bridgehead atoms. The first kappa shape index (κ1) is 19.8. The fourth-order valence-electron chi connectivity index (χ4n) is 2.48. The number of carbonyl (C=O) groups is 2. The number of nitrogens with one attached hydrogen (secondary N) is 1. The summed E-state index contributed by atoms with van der Waals surface area (Å²) in [6.07, 6.45) is 0. The highest BCUT2D eigenvalue weighted by Gasteiger charge is 2.16. The summed E-state index contributed by atoms with van der Waals surface area (Å²) in [6, 6.07) is 20.2. The molecule has 0 spiro atoms. The van der Waals surface area contributed by atoms with E-state index in [1.54, 1.807) is 36.4 Å². The summed E-state index contributed by atoms with van der Waals surface area (Å²) >= 11 is 0. The van der Waals surface area contributed by atoms with Crippen LogP contribution in [0.25, 0.3) is 0 Å². The molecule has 0 aliphatic carbocycles. The van der Waals surface area contributed by atoms with E-state index < -0.39 is 18.5 Å². The molecule has 0 saturated carbocycles. The minimum absolute atomic E-state index is 0.0926. The molecule has 0 saturated heterocycles. The first-order valence-electron chi connectivity index (χ1n) is 8.72. The van der Waals surface area contributed by atoms with Crippen molar-refractivity contribution >= 4 is 17.6 Å². The molecule has 0 aliphatic rings. The number of carbonyl (C=O) groups excluding carboxylic acids is 2. The van der Waals surface area contributed by atoms with Crippen molar-refractivity contribution in [3.8, 4) is 23.0 Å². The van der Waals surface area contributed by atoms with Gasteiger partial charge in [-0.15, -0.1) is 0 Å². The van der Waals surface area contributed by atoms with Gasteiger partial charge in [-0.2, -0.15) is 0 Å².